The number of halogens is 1. The van der Waals surface area contributed by atoms with Gasteiger partial charge in [0.15, 0.2) is 9.84 Å². The summed E-state index contributed by atoms with van der Waals surface area (Å²) in [4.78, 5) is 13.4. The van der Waals surface area contributed by atoms with Crippen LogP contribution in [0.5, 0.6) is 0 Å². The molecule has 1 amide bonds. The highest BCUT2D eigenvalue weighted by atomic mass is 35.5. The van der Waals surface area contributed by atoms with Crippen LogP contribution >= 0.6 is 12.4 Å². The van der Waals surface area contributed by atoms with E-state index in [9.17, 15) is 13.2 Å². The van der Waals surface area contributed by atoms with Gasteiger partial charge >= 0.3 is 0 Å². The molecule has 2 atom stereocenters. The van der Waals surface area contributed by atoms with Gasteiger partial charge in [-0.3, -0.25) is 4.79 Å². The summed E-state index contributed by atoms with van der Waals surface area (Å²) in [5, 5.41) is 3.17. The Kier molecular flexibility index (Phi) is 4.20. The van der Waals surface area contributed by atoms with Crippen LogP contribution in [0.25, 0.3) is 0 Å². The predicted molar refractivity (Wildman–Crippen MR) is 63.5 cm³/mol. The highest BCUT2D eigenvalue weighted by molar-refractivity contribution is 7.91. The van der Waals surface area contributed by atoms with Gasteiger partial charge in [-0.05, 0) is 0 Å². The lowest BCUT2D eigenvalue weighted by molar-refractivity contribution is -0.134. The number of nitrogens with zero attached hydrogens (tertiary/aromatic N) is 1. The number of nitrogens with one attached hydrogen (secondary N) is 1. The second-order valence-electron chi connectivity index (χ2n) is 4.15. The topological polar surface area (TPSA) is 66.5 Å². The Bertz CT molecular complexity index is 371. The van der Waals surface area contributed by atoms with E-state index in [2.05, 4.69) is 5.32 Å². The summed E-state index contributed by atoms with van der Waals surface area (Å²) in [6.07, 6.45) is 0.448. The fraction of sp³-hybridized carbons (Fsp3) is 0.889. The minimum atomic E-state index is -2.96. The fourth-order valence-electron chi connectivity index (χ4n) is 2.38. The van der Waals surface area contributed by atoms with Crippen LogP contribution in [0.1, 0.15) is 13.3 Å². The molecule has 2 rings (SSSR count). The Morgan fingerprint density at radius 2 is 2.12 bits per heavy atom. The Hall–Kier alpha value is -0.330. The molecule has 0 aromatic carbocycles. The maximum Gasteiger partial charge on any atom is 0.222 e. The molecule has 7 heteroatoms. The summed E-state index contributed by atoms with van der Waals surface area (Å²) in [6, 6.07) is -0.199. The van der Waals surface area contributed by atoms with Gasteiger partial charge in [0.2, 0.25) is 5.91 Å². The number of amides is 1. The third-order valence-electron chi connectivity index (χ3n) is 3.11. The minimum Gasteiger partial charge on any atom is -0.336 e. The molecule has 16 heavy (non-hydrogen) atoms. The van der Waals surface area contributed by atoms with Crippen molar-refractivity contribution in [2.45, 2.75) is 25.4 Å². The van der Waals surface area contributed by atoms with Crippen molar-refractivity contribution < 1.29 is 13.2 Å². The van der Waals surface area contributed by atoms with E-state index in [0.29, 0.717) is 19.5 Å². The summed E-state index contributed by atoms with van der Waals surface area (Å²) in [5.41, 5.74) is 0. The van der Waals surface area contributed by atoms with Crippen molar-refractivity contribution in [1.29, 1.82) is 0 Å². The second kappa shape index (κ2) is 4.89. The van der Waals surface area contributed by atoms with E-state index >= 15 is 0 Å². The van der Waals surface area contributed by atoms with Crippen molar-refractivity contribution in [2.24, 2.45) is 0 Å². The molecule has 0 aliphatic carbocycles. The molecular weight excluding hydrogens is 252 g/mol. The number of sulfone groups is 1. The molecule has 0 spiro atoms. The van der Waals surface area contributed by atoms with E-state index in [4.69, 9.17) is 0 Å². The summed E-state index contributed by atoms with van der Waals surface area (Å²) in [7, 11) is -2.96. The van der Waals surface area contributed by atoms with Crippen molar-refractivity contribution in [3.05, 3.63) is 0 Å². The van der Waals surface area contributed by atoms with Crippen molar-refractivity contribution in [2.75, 3.05) is 24.6 Å². The fourth-order valence-corrected chi connectivity index (χ4v) is 4.34. The van der Waals surface area contributed by atoms with Crippen LogP contribution in [0.3, 0.4) is 0 Å². The molecule has 0 aromatic rings. The Morgan fingerprint density at radius 3 is 2.75 bits per heavy atom. The van der Waals surface area contributed by atoms with Gasteiger partial charge in [-0.1, -0.05) is 6.92 Å². The van der Waals surface area contributed by atoms with Crippen molar-refractivity contribution in [3.63, 3.8) is 0 Å². The van der Waals surface area contributed by atoms with Crippen molar-refractivity contribution >= 4 is 28.2 Å². The Labute approximate surface area is 102 Å². The normalized spacial score (nSPS) is 31.7. The second-order valence-corrected chi connectivity index (χ2v) is 6.30. The van der Waals surface area contributed by atoms with Crippen LogP contribution in [0, 0.1) is 0 Å². The highest BCUT2D eigenvalue weighted by Gasteiger charge is 2.43. The number of rotatable bonds is 1. The van der Waals surface area contributed by atoms with Crippen LogP contribution in [-0.2, 0) is 14.6 Å². The monoisotopic (exact) mass is 268 g/mol. The zero-order valence-electron chi connectivity index (χ0n) is 9.18. The van der Waals surface area contributed by atoms with E-state index < -0.39 is 9.84 Å². The molecule has 0 saturated carbocycles. The molecule has 2 aliphatic heterocycles. The minimum absolute atomic E-state index is 0. The zero-order valence-corrected chi connectivity index (χ0v) is 10.8. The van der Waals surface area contributed by atoms with E-state index in [-0.39, 0.29) is 41.9 Å². The van der Waals surface area contributed by atoms with E-state index in [1.54, 1.807) is 4.90 Å². The summed E-state index contributed by atoms with van der Waals surface area (Å²) in [6.45, 7) is 3.13. The SMILES string of the molecule is CCC(=O)N1CCNC2CS(=O)(=O)CC21.Cl. The van der Waals surface area contributed by atoms with E-state index in [1.165, 1.54) is 0 Å². The maximum atomic E-state index is 11.6. The molecule has 2 unspecified atom stereocenters. The smallest absolute Gasteiger partial charge is 0.222 e. The third-order valence-corrected chi connectivity index (χ3v) is 4.82. The molecule has 0 radical (unpaired) electrons. The first-order valence-corrected chi connectivity index (χ1v) is 7.09. The summed E-state index contributed by atoms with van der Waals surface area (Å²) < 4.78 is 23.0. The first kappa shape index (κ1) is 13.7. The summed E-state index contributed by atoms with van der Waals surface area (Å²) >= 11 is 0. The molecule has 2 aliphatic rings. The van der Waals surface area contributed by atoms with Gasteiger partial charge in [0, 0.05) is 25.6 Å². The van der Waals surface area contributed by atoms with Gasteiger partial charge in [0.05, 0.1) is 17.5 Å². The number of hydrogen-bond donors (Lipinski definition) is 1. The average molecular weight is 269 g/mol. The molecule has 2 heterocycles. The van der Waals surface area contributed by atoms with Crippen LogP contribution in [-0.4, -0.2) is 55.9 Å². The molecular formula is C9H17ClN2O3S. The highest BCUT2D eigenvalue weighted by Crippen LogP contribution is 2.21. The Balaban J connectivity index is 0.00000128. The molecule has 0 bridgehead atoms. The van der Waals surface area contributed by atoms with Gasteiger partial charge in [-0.2, -0.15) is 0 Å². The van der Waals surface area contributed by atoms with E-state index in [1.807, 2.05) is 6.92 Å². The number of carbonyl (C=O) groups excluding carboxylic acids is 1. The quantitative estimate of drug-likeness (QED) is 0.691. The maximum absolute atomic E-state index is 11.6. The average Bonchev–Trinajstić information content (AvgIpc) is 2.49. The van der Waals surface area contributed by atoms with Gasteiger partial charge in [0.1, 0.15) is 0 Å². The van der Waals surface area contributed by atoms with Crippen molar-refractivity contribution in [3.8, 4) is 0 Å². The zero-order chi connectivity index (χ0) is 11.1. The van der Waals surface area contributed by atoms with Crippen LogP contribution in [0.4, 0.5) is 0 Å². The number of piperazine rings is 1. The van der Waals surface area contributed by atoms with Crippen LogP contribution in [0.15, 0.2) is 0 Å². The number of carbonyl (C=O) groups is 1. The van der Waals surface area contributed by atoms with E-state index in [0.717, 1.165) is 0 Å². The van der Waals surface area contributed by atoms with Gasteiger partial charge < -0.3 is 10.2 Å². The van der Waals surface area contributed by atoms with Crippen LogP contribution < -0.4 is 5.32 Å². The lowest BCUT2D eigenvalue weighted by Crippen LogP contribution is -2.58. The lowest BCUT2D eigenvalue weighted by atomic mass is 10.1. The first-order valence-electron chi connectivity index (χ1n) is 5.27. The predicted octanol–water partition coefficient (Wildman–Crippen LogP) is -0.584. The van der Waals surface area contributed by atoms with Gasteiger partial charge in [-0.15, -0.1) is 12.4 Å². The molecule has 5 nitrogen and oxygen atoms in total. The lowest BCUT2D eigenvalue weighted by Gasteiger charge is -2.37. The van der Waals surface area contributed by atoms with Gasteiger partial charge in [0.25, 0.3) is 0 Å². The van der Waals surface area contributed by atoms with Gasteiger partial charge in [-0.25, -0.2) is 8.42 Å². The number of fused-ring (bicyclic) bond motifs is 1. The van der Waals surface area contributed by atoms with Crippen LogP contribution in [0.2, 0.25) is 0 Å². The number of hydrogen-bond acceptors (Lipinski definition) is 4. The molecule has 2 saturated heterocycles. The third kappa shape index (κ3) is 2.49. The molecule has 0 aromatic heterocycles. The Morgan fingerprint density at radius 1 is 1.44 bits per heavy atom. The standard InChI is InChI=1S/C9H16N2O3S.ClH/c1-2-9(12)11-4-3-10-7-5-15(13,14)6-8(7)11;/h7-8,10H,2-6H2,1H3;1H. The molecule has 1 N–H and O–H groups in total. The van der Waals surface area contributed by atoms with Crippen molar-refractivity contribution in [1.82, 2.24) is 10.2 Å². The molecule has 2 fully saturated rings. The summed E-state index contributed by atoms with van der Waals surface area (Å²) in [5.74, 6) is 0.352. The first-order chi connectivity index (χ1) is 7.03. The molecule has 94 valence electrons. The largest absolute Gasteiger partial charge is 0.336 e.